The van der Waals surface area contributed by atoms with Crippen LogP contribution in [0.15, 0.2) is 29.2 Å². The third-order valence-electron chi connectivity index (χ3n) is 2.92. The summed E-state index contributed by atoms with van der Waals surface area (Å²) in [6.45, 7) is 1.18. The topological polar surface area (TPSA) is 21.3 Å². The molecule has 0 amide bonds. The van der Waals surface area contributed by atoms with E-state index < -0.39 is 0 Å². The third kappa shape index (κ3) is 3.16. The molecule has 3 heteroatoms. The summed E-state index contributed by atoms with van der Waals surface area (Å²) in [7, 11) is 1.73. The van der Waals surface area contributed by atoms with Crippen LogP contribution >= 0.6 is 11.8 Å². The van der Waals surface area contributed by atoms with E-state index in [1.54, 1.807) is 7.11 Å². The zero-order valence-corrected chi connectivity index (χ0v) is 10.6. The maximum Gasteiger partial charge on any atom is 0.132 e. The molecule has 1 aliphatic heterocycles. The molecule has 88 valence electrons. The lowest BCUT2D eigenvalue weighted by Gasteiger charge is -2.23. The predicted molar refractivity (Wildman–Crippen MR) is 69.4 cm³/mol. The fraction of sp³-hybridized carbons (Fsp3) is 0.538. The van der Waals surface area contributed by atoms with Crippen LogP contribution in [0.2, 0.25) is 0 Å². The minimum absolute atomic E-state index is 0.670. The summed E-state index contributed by atoms with van der Waals surface area (Å²) in [5, 5.41) is 3.57. The number of rotatable bonds is 4. The summed E-state index contributed by atoms with van der Waals surface area (Å²) in [6, 6.07) is 8.91. The Kier molecular flexibility index (Phi) is 4.55. The molecule has 0 bridgehead atoms. The molecular formula is C13H19NOS. The van der Waals surface area contributed by atoms with Crippen LogP contribution in [-0.2, 0) is 0 Å². The van der Waals surface area contributed by atoms with Gasteiger partial charge in [-0.1, -0.05) is 18.6 Å². The van der Waals surface area contributed by atoms with Gasteiger partial charge >= 0.3 is 0 Å². The molecule has 1 fully saturated rings. The first-order valence-corrected chi connectivity index (χ1v) is 6.88. The van der Waals surface area contributed by atoms with E-state index in [1.165, 1.54) is 30.7 Å². The molecule has 0 aromatic heterocycles. The maximum absolute atomic E-state index is 5.34. The highest BCUT2D eigenvalue weighted by Gasteiger charge is 2.13. The van der Waals surface area contributed by atoms with E-state index in [4.69, 9.17) is 4.74 Å². The molecule has 2 rings (SSSR count). The van der Waals surface area contributed by atoms with Crippen LogP contribution in [0.3, 0.4) is 0 Å². The lowest BCUT2D eigenvalue weighted by atomic mass is 10.1. The summed E-state index contributed by atoms with van der Waals surface area (Å²) >= 11 is 1.89. The van der Waals surface area contributed by atoms with Gasteiger partial charge in [-0.2, -0.15) is 0 Å². The number of thioether (sulfide) groups is 1. The monoisotopic (exact) mass is 237 g/mol. The lowest BCUT2D eigenvalue weighted by molar-refractivity contribution is 0.404. The van der Waals surface area contributed by atoms with Crippen molar-refractivity contribution in [3.8, 4) is 5.75 Å². The molecule has 0 spiro atoms. The van der Waals surface area contributed by atoms with Crippen LogP contribution in [0.4, 0.5) is 0 Å². The lowest BCUT2D eigenvalue weighted by Crippen LogP contribution is -2.35. The van der Waals surface area contributed by atoms with E-state index in [1.807, 2.05) is 23.9 Å². The molecule has 0 saturated carbocycles. The van der Waals surface area contributed by atoms with Gasteiger partial charge in [-0.05, 0) is 31.5 Å². The van der Waals surface area contributed by atoms with Crippen molar-refractivity contribution in [1.29, 1.82) is 0 Å². The molecule has 1 heterocycles. The van der Waals surface area contributed by atoms with Crippen LogP contribution in [0.1, 0.15) is 19.3 Å². The Balaban J connectivity index is 1.88. The number of benzene rings is 1. The molecule has 1 aromatic rings. The molecule has 1 atom stereocenters. The Morgan fingerprint density at radius 2 is 2.25 bits per heavy atom. The summed E-state index contributed by atoms with van der Waals surface area (Å²) in [5.74, 6) is 2.13. The maximum atomic E-state index is 5.34. The number of ether oxygens (including phenoxy) is 1. The average molecular weight is 237 g/mol. The van der Waals surface area contributed by atoms with Crippen LogP contribution in [-0.4, -0.2) is 25.4 Å². The first-order valence-electron chi connectivity index (χ1n) is 5.89. The molecule has 0 radical (unpaired) electrons. The van der Waals surface area contributed by atoms with E-state index in [2.05, 4.69) is 17.4 Å². The van der Waals surface area contributed by atoms with Gasteiger partial charge in [0.2, 0.25) is 0 Å². The normalized spacial score (nSPS) is 20.7. The Morgan fingerprint density at radius 3 is 3.00 bits per heavy atom. The predicted octanol–water partition coefficient (Wildman–Crippen LogP) is 2.93. The highest BCUT2D eigenvalue weighted by molar-refractivity contribution is 7.99. The van der Waals surface area contributed by atoms with E-state index in [-0.39, 0.29) is 0 Å². The molecule has 0 unspecified atom stereocenters. The van der Waals surface area contributed by atoms with Gasteiger partial charge in [0, 0.05) is 16.7 Å². The number of nitrogens with one attached hydrogen (secondary N) is 1. The van der Waals surface area contributed by atoms with Gasteiger partial charge in [0.25, 0.3) is 0 Å². The fourth-order valence-electron chi connectivity index (χ4n) is 1.99. The molecule has 1 aliphatic rings. The van der Waals surface area contributed by atoms with Crippen molar-refractivity contribution in [2.75, 3.05) is 19.4 Å². The molecule has 2 nitrogen and oxygen atoms in total. The van der Waals surface area contributed by atoms with Crippen molar-refractivity contribution in [3.63, 3.8) is 0 Å². The van der Waals surface area contributed by atoms with Gasteiger partial charge in [0.15, 0.2) is 0 Å². The Bertz CT molecular complexity index is 323. The average Bonchev–Trinajstić information content (AvgIpc) is 2.38. The molecule has 1 aromatic carbocycles. The van der Waals surface area contributed by atoms with E-state index in [9.17, 15) is 0 Å². The highest BCUT2D eigenvalue weighted by Crippen LogP contribution is 2.29. The number of hydrogen-bond acceptors (Lipinski definition) is 3. The molecule has 1 saturated heterocycles. The Hall–Kier alpha value is -0.670. The number of methoxy groups -OCH3 is 1. The largest absolute Gasteiger partial charge is 0.496 e. The second-order valence-electron chi connectivity index (χ2n) is 4.11. The van der Waals surface area contributed by atoms with Crippen molar-refractivity contribution in [2.45, 2.75) is 30.2 Å². The van der Waals surface area contributed by atoms with Crippen molar-refractivity contribution in [2.24, 2.45) is 0 Å². The van der Waals surface area contributed by atoms with Gasteiger partial charge in [-0.3, -0.25) is 0 Å². The molecule has 16 heavy (non-hydrogen) atoms. The van der Waals surface area contributed by atoms with Crippen LogP contribution < -0.4 is 10.1 Å². The van der Waals surface area contributed by atoms with Crippen LogP contribution in [0.5, 0.6) is 5.75 Å². The Labute approximate surface area is 102 Å². The fourth-order valence-corrected chi connectivity index (χ4v) is 3.13. The number of para-hydroxylation sites is 1. The molecule has 1 N–H and O–H groups in total. The van der Waals surface area contributed by atoms with Gasteiger partial charge in [0.05, 0.1) is 7.11 Å². The molecule has 0 aliphatic carbocycles. The smallest absolute Gasteiger partial charge is 0.132 e. The second-order valence-corrected chi connectivity index (χ2v) is 5.17. The van der Waals surface area contributed by atoms with Gasteiger partial charge in [-0.25, -0.2) is 0 Å². The van der Waals surface area contributed by atoms with Crippen molar-refractivity contribution >= 4 is 11.8 Å². The number of piperidine rings is 1. The first kappa shape index (κ1) is 11.8. The molecular weight excluding hydrogens is 218 g/mol. The van der Waals surface area contributed by atoms with Crippen molar-refractivity contribution in [3.05, 3.63) is 24.3 Å². The van der Waals surface area contributed by atoms with Gasteiger partial charge < -0.3 is 10.1 Å². The second kappa shape index (κ2) is 6.16. The standard InChI is InChI=1S/C13H19NOS/c1-15-12-7-2-3-8-13(12)16-10-11-6-4-5-9-14-11/h2-3,7-8,11,14H,4-6,9-10H2,1H3/t11-/m0/s1. The van der Waals surface area contributed by atoms with Crippen molar-refractivity contribution < 1.29 is 4.74 Å². The quantitative estimate of drug-likeness (QED) is 0.814. The first-order chi connectivity index (χ1) is 7.90. The summed E-state index contributed by atoms with van der Waals surface area (Å²) < 4.78 is 5.34. The van der Waals surface area contributed by atoms with E-state index >= 15 is 0 Å². The minimum atomic E-state index is 0.670. The zero-order chi connectivity index (χ0) is 11.2. The SMILES string of the molecule is COc1ccccc1SC[C@@H]1CCCCN1. The summed E-state index contributed by atoms with van der Waals surface area (Å²) in [5.41, 5.74) is 0. The van der Waals surface area contributed by atoms with Crippen LogP contribution in [0.25, 0.3) is 0 Å². The van der Waals surface area contributed by atoms with Crippen molar-refractivity contribution in [1.82, 2.24) is 5.32 Å². The summed E-state index contributed by atoms with van der Waals surface area (Å²) in [4.78, 5) is 1.25. The van der Waals surface area contributed by atoms with Crippen LogP contribution in [0, 0.1) is 0 Å². The van der Waals surface area contributed by atoms with E-state index in [0.717, 1.165) is 11.5 Å². The van der Waals surface area contributed by atoms with Gasteiger partial charge in [0.1, 0.15) is 5.75 Å². The third-order valence-corrected chi connectivity index (χ3v) is 4.14. The Morgan fingerprint density at radius 1 is 1.38 bits per heavy atom. The zero-order valence-electron chi connectivity index (χ0n) is 9.74. The van der Waals surface area contributed by atoms with Gasteiger partial charge in [-0.15, -0.1) is 11.8 Å². The van der Waals surface area contributed by atoms with E-state index in [0.29, 0.717) is 6.04 Å². The minimum Gasteiger partial charge on any atom is -0.496 e. The number of hydrogen-bond donors (Lipinski definition) is 1. The highest BCUT2D eigenvalue weighted by atomic mass is 32.2. The summed E-state index contributed by atoms with van der Waals surface area (Å²) in [6.07, 6.45) is 4.00.